The summed E-state index contributed by atoms with van der Waals surface area (Å²) in [5.74, 6) is 0.824. The fourth-order valence-corrected chi connectivity index (χ4v) is 2.35. The quantitative estimate of drug-likeness (QED) is 0.758. The van der Waals surface area contributed by atoms with Crippen LogP contribution in [-0.2, 0) is 0 Å². The van der Waals surface area contributed by atoms with Crippen LogP contribution in [0.5, 0.6) is 5.75 Å². The third-order valence-electron chi connectivity index (χ3n) is 3.40. The van der Waals surface area contributed by atoms with Gasteiger partial charge in [0.05, 0.1) is 6.61 Å². The summed E-state index contributed by atoms with van der Waals surface area (Å²) in [6.07, 6.45) is 1.28. The molecule has 0 aliphatic carbocycles. The SMILES string of the molecule is CCOc1ccc(C(O)c2ccc3[nH]ccc3c2)cc1. The standard InChI is InChI=1S/C17H17NO2/c1-2-20-15-6-3-12(4-7-15)17(19)14-5-8-16-13(11-14)9-10-18-16/h3-11,17-19H,2H2,1H3. The molecular weight excluding hydrogens is 250 g/mol. The van der Waals surface area contributed by atoms with Crippen molar-refractivity contribution in [1.82, 2.24) is 4.98 Å². The molecule has 102 valence electrons. The van der Waals surface area contributed by atoms with Gasteiger partial charge in [0.15, 0.2) is 0 Å². The lowest BCUT2D eigenvalue weighted by Gasteiger charge is -2.12. The normalized spacial score (nSPS) is 12.5. The Morgan fingerprint density at radius 2 is 1.80 bits per heavy atom. The highest BCUT2D eigenvalue weighted by atomic mass is 16.5. The van der Waals surface area contributed by atoms with Crippen LogP contribution in [0.1, 0.15) is 24.2 Å². The Balaban J connectivity index is 1.88. The van der Waals surface area contributed by atoms with E-state index in [9.17, 15) is 5.11 Å². The second-order valence-electron chi connectivity index (χ2n) is 4.73. The number of H-pyrrole nitrogens is 1. The van der Waals surface area contributed by atoms with Crippen molar-refractivity contribution in [2.75, 3.05) is 6.61 Å². The van der Waals surface area contributed by atoms with Crippen molar-refractivity contribution in [2.24, 2.45) is 0 Å². The van der Waals surface area contributed by atoms with E-state index in [0.717, 1.165) is 27.8 Å². The summed E-state index contributed by atoms with van der Waals surface area (Å²) in [6, 6.07) is 15.5. The minimum atomic E-state index is -0.620. The van der Waals surface area contributed by atoms with Crippen molar-refractivity contribution in [2.45, 2.75) is 13.0 Å². The fourth-order valence-electron chi connectivity index (χ4n) is 2.35. The number of fused-ring (bicyclic) bond motifs is 1. The van der Waals surface area contributed by atoms with Gasteiger partial charge in [-0.15, -0.1) is 0 Å². The second kappa shape index (κ2) is 5.39. The number of aromatic nitrogens is 1. The molecule has 1 unspecified atom stereocenters. The van der Waals surface area contributed by atoms with E-state index in [2.05, 4.69) is 4.98 Å². The van der Waals surface area contributed by atoms with E-state index in [-0.39, 0.29) is 0 Å². The molecule has 3 nitrogen and oxygen atoms in total. The van der Waals surface area contributed by atoms with Crippen LogP contribution in [-0.4, -0.2) is 16.7 Å². The highest BCUT2D eigenvalue weighted by molar-refractivity contribution is 5.80. The summed E-state index contributed by atoms with van der Waals surface area (Å²) in [6.45, 7) is 2.60. The molecule has 0 saturated carbocycles. The van der Waals surface area contributed by atoms with Crippen molar-refractivity contribution < 1.29 is 9.84 Å². The molecule has 0 fully saturated rings. The predicted molar refractivity (Wildman–Crippen MR) is 80.0 cm³/mol. The zero-order valence-electron chi connectivity index (χ0n) is 11.3. The summed E-state index contributed by atoms with van der Waals surface area (Å²) in [5.41, 5.74) is 2.83. The zero-order valence-corrected chi connectivity index (χ0v) is 11.3. The molecule has 3 rings (SSSR count). The van der Waals surface area contributed by atoms with E-state index in [1.54, 1.807) is 0 Å². The minimum absolute atomic E-state index is 0.620. The Morgan fingerprint density at radius 3 is 2.55 bits per heavy atom. The summed E-state index contributed by atoms with van der Waals surface area (Å²) in [5, 5.41) is 11.6. The molecule has 1 atom stereocenters. The highest BCUT2D eigenvalue weighted by Crippen LogP contribution is 2.26. The van der Waals surface area contributed by atoms with Gasteiger partial charge in [-0.25, -0.2) is 0 Å². The highest BCUT2D eigenvalue weighted by Gasteiger charge is 2.11. The molecule has 20 heavy (non-hydrogen) atoms. The van der Waals surface area contributed by atoms with Gasteiger partial charge in [-0.05, 0) is 53.8 Å². The maximum absolute atomic E-state index is 10.5. The Bertz CT molecular complexity index is 700. The first-order valence-corrected chi connectivity index (χ1v) is 6.76. The third-order valence-corrected chi connectivity index (χ3v) is 3.40. The maximum Gasteiger partial charge on any atom is 0.119 e. The van der Waals surface area contributed by atoms with Crippen LogP contribution in [0.15, 0.2) is 54.7 Å². The molecule has 2 aromatic carbocycles. The number of aliphatic hydroxyl groups excluding tert-OH is 1. The van der Waals surface area contributed by atoms with Crippen molar-refractivity contribution in [3.05, 3.63) is 65.9 Å². The van der Waals surface area contributed by atoms with E-state index >= 15 is 0 Å². The van der Waals surface area contributed by atoms with Crippen molar-refractivity contribution in [1.29, 1.82) is 0 Å². The van der Waals surface area contributed by atoms with E-state index in [1.807, 2.05) is 61.7 Å². The van der Waals surface area contributed by atoms with Gasteiger partial charge < -0.3 is 14.8 Å². The summed E-state index contributed by atoms with van der Waals surface area (Å²) in [7, 11) is 0. The van der Waals surface area contributed by atoms with Gasteiger partial charge in [0.2, 0.25) is 0 Å². The first-order valence-electron chi connectivity index (χ1n) is 6.76. The van der Waals surface area contributed by atoms with Crippen LogP contribution >= 0.6 is 0 Å². The molecule has 0 aliphatic rings. The zero-order chi connectivity index (χ0) is 13.9. The predicted octanol–water partition coefficient (Wildman–Crippen LogP) is 3.65. The van der Waals surface area contributed by atoms with Crippen LogP contribution in [0.4, 0.5) is 0 Å². The van der Waals surface area contributed by atoms with E-state index < -0.39 is 6.10 Å². The number of benzene rings is 2. The largest absolute Gasteiger partial charge is 0.494 e. The average Bonchev–Trinajstić information content (AvgIpc) is 2.95. The topological polar surface area (TPSA) is 45.2 Å². The number of aliphatic hydroxyl groups is 1. The smallest absolute Gasteiger partial charge is 0.119 e. The van der Waals surface area contributed by atoms with E-state index in [4.69, 9.17) is 4.74 Å². The van der Waals surface area contributed by atoms with Crippen LogP contribution in [0.2, 0.25) is 0 Å². The molecule has 1 heterocycles. The van der Waals surface area contributed by atoms with Gasteiger partial charge in [0.25, 0.3) is 0 Å². The van der Waals surface area contributed by atoms with Crippen molar-refractivity contribution in [3.8, 4) is 5.75 Å². The Morgan fingerprint density at radius 1 is 1.05 bits per heavy atom. The average molecular weight is 267 g/mol. The number of hydrogen-bond acceptors (Lipinski definition) is 2. The molecule has 0 aliphatic heterocycles. The maximum atomic E-state index is 10.5. The number of aromatic amines is 1. The molecule has 3 aromatic rings. The molecule has 2 N–H and O–H groups in total. The lowest BCUT2D eigenvalue weighted by Crippen LogP contribution is -1.99. The summed E-state index contributed by atoms with van der Waals surface area (Å²) < 4.78 is 5.41. The molecule has 0 radical (unpaired) electrons. The van der Waals surface area contributed by atoms with Crippen LogP contribution in [0.3, 0.4) is 0 Å². The second-order valence-corrected chi connectivity index (χ2v) is 4.73. The van der Waals surface area contributed by atoms with Crippen LogP contribution in [0.25, 0.3) is 10.9 Å². The molecule has 0 spiro atoms. The Labute approximate surface area is 117 Å². The van der Waals surface area contributed by atoms with Crippen molar-refractivity contribution >= 4 is 10.9 Å². The summed E-state index contributed by atoms with van der Waals surface area (Å²) >= 11 is 0. The number of nitrogens with one attached hydrogen (secondary N) is 1. The monoisotopic (exact) mass is 267 g/mol. The van der Waals surface area contributed by atoms with Gasteiger partial charge in [0, 0.05) is 11.7 Å². The lowest BCUT2D eigenvalue weighted by atomic mass is 10.0. The van der Waals surface area contributed by atoms with Crippen LogP contribution in [0, 0.1) is 0 Å². The fraction of sp³-hybridized carbons (Fsp3) is 0.176. The third kappa shape index (κ3) is 2.40. The minimum Gasteiger partial charge on any atom is -0.494 e. The lowest BCUT2D eigenvalue weighted by molar-refractivity contribution is 0.220. The Hall–Kier alpha value is -2.26. The number of rotatable bonds is 4. The molecule has 3 heteroatoms. The first-order chi connectivity index (χ1) is 9.78. The van der Waals surface area contributed by atoms with E-state index in [1.165, 1.54) is 0 Å². The summed E-state index contributed by atoms with van der Waals surface area (Å²) in [4.78, 5) is 3.15. The van der Waals surface area contributed by atoms with Crippen molar-refractivity contribution in [3.63, 3.8) is 0 Å². The molecular formula is C17H17NO2. The number of hydrogen-bond donors (Lipinski definition) is 2. The molecule has 0 bridgehead atoms. The van der Waals surface area contributed by atoms with Gasteiger partial charge in [-0.3, -0.25) is 0 Å². The Kier molecular flexibility index (Phi) is 3.44. The van der Waals surface area contributed by atoms with Gasteiger partial charge in [0.1, 0.15) is 11.9 Å². The molecule has 0 amide bonds. The van der Waals surface area contributed by atoms with Gasteiger partial charge in [-0.2, -0.15) is 0 Å². The first kappa shape index (κ1) is 12.8. The van der Waals surface area contributed by atoms with Crippen LogP contribution < -0.4 is 4.74 Å². The van der Waals surface area contributed by atoms with Gasteiger partial charge >= 0.3 is 0 Å². The number of ether oxygens (including phenoxy) is 1. The van der Waals surface area contributed by atoms with Gasteiger partial charge in [-0.1, -0.05) is 18.2 Å². The molecule has 0 saturated heterocycles. The molecule has 1 aromatic heterocycles. The van der Waals surface area contributed by atoms with E-state index in [0.29, 0.717) is 6.61 Å².